The fourth-order valence-corrected chi connectivity index (χ4v) is 2.10. The number of hydrogen-bond acceptors (Lipinski definition) is 2. The molecule has 1 aliphatic rings. The molecular weight excluding hydrogens is 276 g/mol. The van der Waals surface area contributed by atoms with Crippen molar-refractivity contribution < 1.29 is 9.53 Å². The number of alkyl halides is 2. The molecule has 0 saturated heterocycles. The number of ether oxygens (including phenoxy) is 1. The summed E-state index contributed by atoms with van der Waals surface area (Å²) in [5.74, 6) is -0.0225. The minimum Gasteiger partial charge on any atom is -0.466 e. The molecule has 0 bridgehead atoms. The average molecular weight is 286 g/mol. The number of rotatable bonds is 3. The van der Waals surface area contributed by atoms with Crippen molar-refractivity contribution in [2.45, 2.75) is 17.7 Å². The van der Waals surface area contributed by atoms with Crippen LogP contribution in [0.15, 0.2) is 0 Å². The third kappa shape index (κ3) is 1.96. The Labute approximate surface area is 82.9 Å². The number of carbonyl (C=O) groups is 1. The van der Waals surface area contributed by atoms with Gasteiger partial charge >= 0.3 is 5.97 Å². The van der Waals surface area contributed by atoms with Crippen LogP contribution in [-0.2, 0) is 9.53 Å². The smallest absolute Gasteiger partial charge is 0.310 e. The molecule has 0 spiro atoms. The van der Waals surface area contributed by atoms with Gasteiger partial charge in [0, 0.05) is 9.65 Å². The first-order valence-electron chi connectivity index (χ1n) is 3.55. The Morgan fingerprint density at radius 2 is 2.45 bits per heavy atom. The Bertz CT molecular complexity index is 172. The van der Waals surface area contributed by atoms with Crippen LogP contribution in [0.1, 0.15) is 13.3 Å². The van der Waals surface area contributed by atoms with Crippen LogP contribution in [0.25, 0.3) is 0 Å². The van der Waals surface area contributed by atoms with E-state index in [0.717, 1.165) is 11.8 Å². The van der Waals surface area contributed by atoms with Crippen molar-refractivity contribution in [2.75, 3.05) is 11.9 Å². The Kier molecular flexibility index (Phi) is 2.97. The number of hydrogen-bond donors (Lipinski definition) is 0. The summed E-state index contributed by atoms with van der Waals surface area (Å²) < 4.78 is 4.86. The highest BCUT2D eigenvalue weighted by Gasteiger charge is 2.56. The summed E-state index contributed by atoms with van der Waals surface area (Å²) in [6, 6.07) is 0. The molecule has 1 saturated carbocycles. The van der Waals surface area contributed by atoms with Crippen LogP contribution in [0.2, 0.25) is 0 Å². The lowest BCUT2D eigenvalue weighted by molar-refractivity contribution is -0.144. The Morgan fingerprint density at radius 1 is 1.82 bits per heavy atom. The number of halogens is 2. The van der Waals surface area contributed by atoms with E-state index >= 15 is 0 Å². The summed E-state index contributed by atoms with van der Waals surface area (Å²) in [4.78, 5) is 11.1. The third-order valence-electron chi connectivity index (χ3n) is 1.80. The molecular formula is C7H10Br2O2. The van der Waals surface area contributed by atoms with Crippen LogP contribution in [0.3, 0.4) is 0 Å². The summed E-state index contributed by atoms with van der Waals surface area (Å²) in [7, 11) is 0. The molecule has 0 aromatic rings. The largest absolute Gasteiger partial charge is 0.466 e. The summed E-state index contributed by atoms with van der Waals surface area (Å²) in [6.07, 6.45) is 0.886. The molecule has 1 fully saturated rings. The molecule has 2 nitrogen and oxygen atoms in total. The molecule has 4 heteroatoms. The zero-order chi connectivity index (χ0) is 8.48. The molecule has 0 aromatic heterocycles. The Balaban J connectivity index is 2.36. The van der Waals surface area contributed by atoms with Crippen molar-refractivity contribution in [2.24, 2.45) is 5.92 Å². The molecule has 1 aliphatic carbocycles. The molecule has 1 rings (SSSR count). The molecule has 0 aromatic carbocycles. The van der Waals surface area contributed by atoms with E-state index < -0.39 is 0 Å². The van der Waals surface area contributed by atoms with Crippen LogP contribution in [0.5, 0.6) is 0 Å². The van der Waals surface area contributed by atoms with Gasteiger partial charge in [0.2, 0.25) is 0 Å². The maximum atomic E-state index is 11.1. The lowest BCUT2D eigenvalue weighted by Crippen LogP contribution is -2.14. The highest BCUT2D eigenvalue weighted by molar-refractivity contribution is 9.12. The molecule has 1 unspecified atom stereocenters. The van der Waals surface area contributed by atoms with E-state index in [1.807, 2.05) is 6.92 Å². The zero-order valence-electron chi connectivity index (χ0n) is 6.27. The third-order valence-corrected chi connectivity index (χ3v) is 4.71. The first kappa shape index (κ1) is 9.52. The van der Waals surface area contributed by atoms with Gasteiger partial charge in [0.25, 0.3) is 0 Å². The zero-order valence-corrected chi connectivity index (χ0v) is 9.44. The van der Waals surface area contributed by atoms with Crippen molar-refractivity contribution in [1.82, 2.24) is 0 Å². The molecule has 0 aliphatic heterocycles. The van der Waals surface area contributed by atoms with E-state index in [2.05, 4.69) is 31.9 Å². The summed E-state index contributed by atoms with van der Waals surface area (Å²) >= 11 is 6.82. The van der Waals surface area contributed by atoms with Gasteiger partial charge in [-0.15, -0.1) is 0 Å². The van der Waals surface area contributed by atoms with Gasteiger partial charge in [-0.2, -0.15) is 0 Å². The lowest BCUT2D eigenvalue weighted by Gasteiger charge is -2.03. The highest BCUT2D eigenvalue weighted by Crippen LogP contribution is 2.52. The monoisotopic (exact) mass is 284 g/mol. The van der Waals surface area contributed by atoms with E-state index in [-0.39, 0.29) is 16.2 Å². The van der Waals surface area contributed by atoms with Crippen LogP contribution in [0.4, 0.5) is 0 Å². The molecule has 11 heavy (non-hydrogen) atoms. The summed E-state index contributed by atoms with van der Waals surface area (Å²) in [5.41, 5.74) is 0. The van der Waals surface area contributed by atoms with Gasteiger partial charge in [0.1, 0.15) is 0 Å². The normalized spacial score (nSPS) is 35.0. The molecule has 0 radical (unpaired) electrons. The molecule has 0 N–H and O–H groups in total. The van der Waals surface area contributed by atoms with Gasteiger partial charge < -0.3 is 4.74 Å². The topological polar surface area (TPSA) is 26.3 Å². The van der Waals surface area contributed by atoms with Crippen LogP contribution in [0, 0.1) is 5.92 Å². The van der Waals surface area contributed by atoms with Gasteiger partial charge in [-0.25, -0.2) is 0 Å². The van der Waals surface area contributed by atoms with E-state index in [1.54, 1.807) is 0 Å². The highest BCUT2D eigenvalue weighted by atomic mass is 79.9. The van der Waals surface area contributed by atoms with E-state index in [1.165, 1.54) is 0 Å². The Hall–Kier alpha value is 0.430. The van der Waals surface area contributed by atoms with E-state index in [4.69, 9.17) is 4.74 Å². The standard InChI is InChI=1S/C7H10Br2O2/c1-2-11-6(10)5-3-7(5,9)4-8/h5H,2-4H2,1H3/t5-,7?/m0/s1. The Morgan fingerprint density at radius 3 is 2.82 bits per heavy atom. The van der Waals surface area contributed by atoms with Gasteiger partial charge in [0.15, 0.2) is 0 Å². The average Bonchev–Trinajstić information content (AvgIpc) is 2.65. The van der Waals surface area contributed by atoms with Gasteiger partial charge in [-0.3, -0.25) is 4.79 Å². The van der Waals surface area contributed by atoms with Gasteiger partial charge in [-0.1, -0.05) is 31.9 Å². The second-order valence-corrected chi connectivity index (χ2v) is 4.82. The fraction of sp³-hybridized carbons (Fsp3) is 0.857. The maximum absolute atomic E-state index is 11.1. The first-order valence-corrected chi connectivity index (χ1v) is 5.47. The molecule has 0 amide bonds. The summed E-state index contributed by atoms with van der Waals surface area (Å²) in [5, 5.41) is 0.809. The van der Waals surface area contributed by atoms with E-state index in [0.29, 0.717) is 6.61 Å². The predicted octanol–water partition coefficient (Wildman–Crippen LogP) is 2.10. The van der Waals surface area contributed by atoms with Crippen molar-refractivity contribution >= 4 is 37.8 Å². The first-order chi connectivity index (χ1) is 5.14. The minimum atomic E-state index is -0.0798. The second kappa shape index (κ2) is 3.44. The lowest BCUT2D eigenvalue weighted by atomic mass is 10.3. The maximum Gasteiger partial charge on any atom is 0.310 e. The van der Waals surface area contributed by atoms with Crippen molar-refractivity contribution in [3.8, 4) is 0 Å². The molecule has 64 valence electrons. The SMILES string of the molecule is CCOC(=O)[C@@H]1CC1(Br)CBr. The van der Waals surface area contributed by atoms with Crippen LogP contribution in [-0.4, -0.2) is 22.2 Å². The molecule has 2 atom stereocenters. The summed E-state index contributed by atoms with van der Waals surface area (Å²) in [6.45, 7) is 2.30. The predicted molar refractivity (Wildman–Crippen MR) is 50.2 cm³/mol. The van der Waals surface area contributed by atoms with Crippen molar-refractivity contribution in [1.29, 1.82) is 0 Å². The minimum absolute atomic E-state index is 0.0146. The fourth-order valence-electron chi connectivity index (χ4n) is 0.965. The quantitative estimate of drug-likeness (QED) is 0.586. The second-order valence-electron chi connectivity index (χ2n) is 2.68. The molecule has 0 heterocycles. The van der Waals surface area contributed by atoms with E-state index in [9.17, 15) is 4.79 Å². The van der Waals surface area contributed by atoms with Crippen LogP contribution < -0.4 is 0 Å². The van der Waals surface area contributed by atoms with Gasteiger partial charge in [0.05, 0.1) is 12.5 Å². The van der Waals surface area contributed by atoms with Crippen LogP contribution >= 0.6 is 31.9 Å². The van der Waals surface area contributed by atoms with Gasteiger partial charge in [-0.05, 0) is 13.3 Å². The number of esters is 1. The number of carbonyl (C=O) groups excluding carboxylic acids is 1. The van der Waals surface area contributed by atoms with Crippen molar-refractivity contribution in [3.05, 3.63) is 0 Å². The van der Waals surface area contributed by atoms with Crippen molar-refractivity contribution in [3.63, 3.8) is 0 Å².